The number of rotatable bonds is 4. The zero-order chi connectivity index (χ0) is 14.4. The predicted molar refractivity (Wildman–Crippen MR) is 83.5 cm³/mol. The van der Waals surface area contributed by atoms with E-state index in [9.17, 15) is 4.39 Å². The van der Waals surface area contributed by atoms with Crippen molar-refractivity contribution in [1.82, 2.24) is 5.32 Å². The molecule has 6 unspecified atom stereocenters. The summed E-state index contributed by atoms with van der Waals surface area (Å²) < 4.78 is 13.8. The highest BCUT2D eigenvalue weighted by atomic mass is 19.1. The molecule has 3 fully saturated rings. The molecule has 1 aromatic carbocycles. The average molecular weight is 287 g/mol. The van der Waals surface area contributed by atoms with E-state index in [0.29, 0.717) is 12.1 Å². The van der Waals surface area contributed by atoms with Crippen molar-refractivity contribution in [1.29, 1.82) is 0 Å². The van der Waals surface area contributed by atoms with Crippen LogP contribution in [0.1, 0.15) is 44.6 Å². The van der Waals surface area contributed by atoms with Crippen LogP contribution in [0.3, 0.4) is 0 Å². The summed E-state index contributed by atoms with van der Waals surface area (Å²) >= 11 is 0. The van der Waals surface area contributed by atoms with Crippen LogP contribution in [0, 0.1) is 29.5 Å². The molecule has 3 saturated carbocycles. The first-order valence-electron chi connectivity index (χ1n) is 8.72. The Morgan fingerprint density at radius 1 is 1.14 bits per heavy atom. The molecule has 0 saturated heterocycles. The topological polar surface area (TPSA) is 12.0 Å². The summed E-state index contributed by atoms with van der Waals surface area (Å²) in [6.07, 6.45) is 8.04. The van der Waals surface area contributed by atoms with E-state index in [4.69, 9.17) is 0 Å². The number of nitrogens with one attached hydrogen (secondary N) is 1. The second-order valence-corrected chi connectivity index (χ2v) is 7.62. The summed E-state index contributed by atoms with van der Waals surface area (Å²) in [6.45, 7) is 2.21. The Kier molecular flexibility index (Phi) is 3.53. The number of hydrogen-bond donors (Lipinski definition) is 1. The van der Waals surface area contributed by atoms with Gasteiger partial charge in [0.2, 0.25) is 0 Å². The quantitative estimate of drug-likeness (QED) is 0.876. The van der Waals surface area contributed by atoms with Gasteiger partial charge in [0.05, 0.1) is 0 Å². The van der Waals surface area contributed by atoms with Crippen LogP contribution < -0.4 is 5.32 Å². The van der Waals surface area contributed by atoms with Crippen LogP contribution in [0.2, 0.25) is 0 Å². The highest BCUT2D eigenvalue weighted by Gasteiger charge is 2.53. The first kappa shape index (κ1) is 13.8. The van der Waals surface area contributed by atoms with Crippen molar-refractivity contribution < 1.29 is 4.39 Å². The summed E-state index contributed by atoms with van der Waals surface area (Å²) in [5.74, 6) is 3.89. The van der Waals surface area contributed by atoms with Crippen molar-refractivity contribution >= 4 is 0 Å². The Labute approximate surface area is 127 Å². The van der Waals surface area contributed by atoms with Crippen LogP contribution in [0.25, 0.3) is 0 Å². The van der Waals surface area contributed by atoms with Gasteiger partial charge in [0.25, 0.3) is 0 Å². The fraction of sp³-hybridized carbons (Fsp3) is 0.684. The fourth-order valence-electron chi connectivity index (χ4n) is 5.68. The van der Waals surface area contributed by atoms with E-state index in [-0.39, 0.29) is 5.82 Å². The molecule has 0 aliphatic heterocycles. The fourth-order valence-corrected chi connectivity index (χ4v) is 5.68. The van der Waals surface area contributed by atoms with E-state index in [2.05, 4.69) is 12.2 Å². The molecular formula is C19H26FN. The van der Waals surface area contributed by atoms with E-state index >= 15 is 0 Å². The lowest BCUT2D eigenvalue weighted by molar-refractivity contribution is 0.199. The maximum atomic E-state index is 13.8. The van der Waals surface area contributed by atoms with Crippen LogP contribution in [0.4, 0.5) is 4.39 Å². The zero-order valence-electron chi connectivity index (χ0n) is 12.9. The number of hydrogen-bond acceptors (Lipinski definition) is 1. The highest BCUT2D eigenvalue weighted by Crippen LogP contribution is 2.58. The second-order valence-electron chi connectivity index (χ2n) is 7.62. The van der Waals surface area contributed by atoms with E-state index in [1.807, 2.05) is 12.1 Å². The van der Waals surface area contributed by atoms with Crippen LogP contribution in [0.5, 0.6) is 0 Å². The summed E-state index contributed by atoms with van der Waals surface area (Å²) in [7, 11) is 0. The molecule has 0 radical (unpaired) electrons. The minimum absolute atomic E-state index is 0.0602. The lowest BCUT2D eigenvalue weighted by atomic mass is 9.79. The summed E-state index contributed by atoms with van der Waals surface area (Å²) in [5, 5.41) is 3.83. The molecule has 6 atom stereocenters. The van der Waals surface area contributed by atoms with Gasteiger partial charge in [-0.2, -0.15) is 0 Å². The average Bonchev–Trinajstić information content (AvgIpc) is 3.13. The molecule has 1 N–H and O–H groups in total. The second kappa shape index (κ2) is 5.39. The lowest BCUT2D eigenvalue weighted by Gasteiger charge is -2.34. The van der Waals surface area contributed by atoms with Gasteiger partial charge in [-0.15, -0.1) is 0 Å². The minimum atomic E-state index is -0.0602. The first-order chi connectivity index (χ1) is 10.2. The van der Waals surface area contributed by atoms with Gasteiger partial charge >= 0.3 is 0 Å². The molecule has 0 aromatic heterocycles. The molecule has 0 heterocycles. The van der Waals surface area contributed by atoms with Crippen molar-refractivity contribution in [3.8, 4) is 0 Å². The van der Waals surface area contributed by atoms with E-state index in [0.717, 1.165) is 35.7 Å². The van der Waals surface area contributed by atoms with Crippen molar-refractivity contribution in [3.63, 3.8) is 0 Å². The van der Waals surface area contributed by atoms with Crippen molar-refractivity contribution in [2.45, 2.75) is 57.5 Å². The lowest BCUT2D eigenvalue weighted by Crippen LogP contribution is -2.44. The zero-order valence-corrected chi connectivity index (χ0v) is 12.9. The van der Waals surface area contributed by atoms with Crippen LogP contribution in [-0.2, 0) is 6.42 Å². The summed E-state index contributed by atoms with van der Waals surface area (Å²) in [5.41, 5.74) is 0.847. The predicted octanol–water partition coefficient (Wildman–Crippen LogP) is 4.17. The maximum Gasteiger partial charge on any atom is 0.126 e. The Bertz CT molecular complexity index is 514. The SMILES string of the molecule is CC(Cc1ccccc1F)NC1CC2CC1C1CCCC21. The Morgan fingerprint density at radius 2 is 1.95 bits per heavy atom. The molecule has 1 aromatic rings. The Morgan fingerprint density at radius 3 is 2.81 bits per heavy atom. The van der Waals surface area contributed by atoms with Gasteiger partial charge in [0.15, 0.2) is 0 Å². The summed E-state index contributed by atoms with van der Waals surface area (Å²) in [6, 6.07) is 8.25. The van der Waals surface area contributed by atoms with Gasteiger partial charge < -0.3 is 5.32 Å². The molecule has 114 valence electrons. The third-order valence-corrected chi connectivity index (χ3v) is 6.41. The van der Waals surface area contributed by atoms with Crippen LogP contribution in [0.15, 0.2) is 24.3 Å². The molecule has 4 rings (SSSR count). The summed E-state index contributed by atoms with van der Waals surface area (Å²) in [4.78, 5) is 0. The molecular weight excluding hydrogens is 261 g/mol. The third kappa shape index (κ3) is 2.42. The molecule has 2 heteroatoms. The molecule has 3 aliphatic carbocycles. The number of fused-ring (bicyclic) bond motifs is 5. The molecule has 0 amide bonds. The number of halogens is 1. The van der Waals surface area contributed by atoms with Crippen molar-refractivity contribution in [2.75, 3.05) is 0 Å². The van der Waals surface area contributed by atoms with Crippen molar-refractivity contribution in [3.05, 3.63) is 35.6 Å². The van der Waals surface area contributed by atoms with Gasteiger partial charge in [-0.05, 0) is 74.3 Å². The van der Waals surface area contributed by atoms with Gasteiger partial charge in [0.1, 0.15) is 5.82 Å². The van der Waals surface area contributed by atoms with Crippen LogP contribution >= 0.6 is 0 Å². The smallest absolute Gasteiger partial charge is 0.126 e. The Balaban J connectivity index is 1.38. The normalized spacial score (nSPS) is 38.7. The van der Waals surface area contributed by atoms with Crippen molar-refractivity contribution in [2.24, 2.45) is 23.7 Å². The van der Waals surface area contributed by atoms with Gasteiger partial charge in [0, 0.05) is 12.1 Å². The van der Waals surface area contributed by atoms with E-state index < -0.39 is 0 Å². The van der Waals surface area contributed by atoms with E-state index in [1.54, 1.807) is 12.1 Å². The highest BCUT2D eigenvalue weighted by molar-refractivity contribution is 5.18. The van der Waals surface area contributed by atoms with Gasteiger partial charge in [-0.3, -0.25) is 0 Å². The molecule has 3 aliphatic rings. The molecule has 0 spiro atoms. The van der Waals surface area contributed by atoms with Gasteiger partial charge in [-0.1, -0.05) is 24.6 Å². The minimum Gasteiger partial charge on any atom is -0.311 e. The largest absolute Gasteiger partial charge is 0.311 e. The van der Waals surface area contributed by atoms with Gasteiger partial charge in [-0.25, -0.2) is 4.39 Å². The Hall–Kier alpha value is -0.890. The van der Waals surface area contributed by atoms with E-state index in [1.165, 1.54) is 32.1 Å². The first-order valence-corrected chi connectivity index (χ1v) is 8.72. The standard InChI is InChI=1S/C19H26FN/c1-12(9-13-5-2-3-8-18(13)20)21-19-11-14-10-17(19)16-7-4-6-15(14)16/h2-3,5,8,12,14-17,19,21H,4,6-7,9-11H2,1H3. The molecule has 1 nitrogen and oxygen atoms in total. The van der Waals surface area contributed by atoms with Crippen LogP contribution in [-0.4, -0.2) is 12.1 Å². The molecule has 2 bridgehead atoms. The molecule has 21 heavy (non-hydrogen) atoms. The monoisotopic (exact) mass is 287 g/mol. The third-order valence-electron chi connectivity index (χ3n) is 6.41. The maximum absolute atomic E-state index is 13.8. The number of benzene rings is 1.